The highest BCUT2D eigenvalue weighted by Gasteiger charge is 2.21. The quantitative estimate of drug-likeness (QED) is 0.612. The Morgan fingerprint density at radius 2 is 2.00 bits per heavy atom. The fraction of sp³-hybridized carbons (Fsp3) is 0.500. The standard InChI is InChI=1S/C20H28N4O3S/c21-9-4-3-8-18(25)24-11-5-10-23(12-13-24)16-7-2-1-6-15(16)14-17-19(26)22-20(27)28-17/h1-2,6-7,26H,3-5,8-14,21H2,(H,22,27). The number of para-hydroxylation sites is 1. The van der Waals surface area contributed by atoms with Gasteiger partial charge in [-0.25, -0.2) is 0 Å². The van der Waals surface area contributed by atoms with Gasteiger partial charge in [0.15, 0.2) is 0 Å². The molecule has 1 aliphatic heterocycles. The van der Waals surface area contributed by atoms with Gasteiger partial charge >= 0.3 is 4.87 Å². The summed E-state index contributed by atoms with van der Waals surface area (Å²) >= 11 is 1.04. The van der Waals surface area contributed by atoms with Gasteiger partial charge in [0.2, 0.25) is 11.8 Å². The van der Waals surface area contributed by atoms with Crippen LogP contribution in [-0.2, 0) is 11.2 Å². The molecule has 0 radical (unpaired) electrons. The van der Waals surface area contributed by atoms with Crippen LogP contribution in [0.3, 0.4) is 0 Å². The molecule has 2 heterocycles. The fourth-order valence-electron chi connectivity index (χ4n) is 3.60. The van der Waals surface area contributed by atoms with Crippen molar-refractivity contribution in [2.24, 2.45) is 5.73 Å². The Bertz CT molecular complexity index is 848. The number of carbonyl (C=O) groups is 1. The molecule has 2 aromatic rings. The van der Waals surface area contributed by atoms with Crippen molar-refractivity contribution < 1.29 is 9.90 Å². The minimum atomic E-state index is -0.247. The topological polar surface area (TPSA) is 103 Å². The number of rotatable bonds is 7. The molecule has 0 spiro atoms. The lowest BCUT2D eigenvalue weighted by atomic mass is 10.1. The van der Waals surface area contributed by atoms with Gasteiger partial charge in [-0.15, -0.1) is 0 Å². The number of benzene rings is 1. The number of aromatic hydroxyl groups is 1. The summed E-state index contributed by atoms with van der Waals surface area (Å²) in [5.41, 5.74) is 7.68. The lowest BCUT2D eigenvalue weighted by Gasteiger charge is -2.26. The number of hydrogen-bond acceptors (Lipinski definition) is 6. The van der Waals surface area contributed by atoms with Gasteiger partial charge in [0.05, 0.1) is 4.88 Å². The zero-order valence-electron chi connectivity index (χ0n) is 16.0. The summed E-state index contributed by atoms with van der Waals surface area (Å²) in [6.07, 6.45) is 3.72. The molecule has 1 amide bonds. The second-order valence-corrected chi connectivity index (χ2v) is 8.13. The lowest BCUT2D eigenvalue weighted by Crippen LogP contribution is -2.35. The van der Waals surface area contributed by atoms with Crippen molar-refractivity contribution in [2.45, 2.75) is 32.1 Å². The zero-order chi connectivity index (χ0) is 19.9. The number of aromatic nitrogens is 1. The van der Waals surface area contributed by atoms with Crippen LogP contribution in [0.1, 0.15) is 36.1 Å². The van der Waals surface area contributed by atoms with Crippen molar-refractivity contribution in [1.82, 2.24) is 9.88 Å². The molecule has 3 rings (SSSR count). The summed E-state index contributed by atoms with van der Waals surface area (Å²) in [6, 6.07) is 8.06. The number of amides is 1. The molecule has 0 saturated carbocycles. The first-order valence-electron chi connectivity index (χ1n) is 9.80. The first kappa shape index (κ1) is 20.4. The third kappa shape index (κ3) is 5.14. The van der Waals surface area contributed by atoms with Crippen molar-refractivity contribution >= 4 is 22.9 Å². The largest absolute Gasteiger partial charge is 0.494 e. The smallest absolute Gasteiger partial charge is 0.307 e. The van der Waals surface area contributed by atoms with Crippen molar-refractivity contribution in [1.29, 1.82) is 0 Å². The van der Waals surface area contributed by atoms with Crippen LogP contribution in [0.5, 0.6) is 5.88 Å². The maximum Gasteiger partial charge on any atom is 0.307 e. The highest BCUT2D eigenvalue weighted by molar-refractivity contribution is 7.09. The Hall–Kier alpha value is -2.32. The molecule has 0 aliphatic carbocycles. The van der Waals surface area contributed by atoms with Crippen LogP contribution in [-0.4, -0.2) is 53.6 Å². The van der Waals surface area contributed by atoms with Crippen LogP contribution in [0.2, 0.25) is 0 Å². The normalized spacial score (nSPS) is 14.9. The summed E-state index contributed by atoms with van der Waals surface area (Å²) in [5, 5.41) is 9.91. The first-order chi connectivity index (χ1) is 13.6. The van der Waals surface area contributed by atoms with E-state index >= 15 is 0 Å². The van der Waals surface area contributed by atoms with E-state index in [9.17, 15) is 14.7 Å². The number of anilines is 1. The molecule has 1 aliphatic rings. The number of hydrogen-bond donors (Lipinski definition) is 3. The molecule has 1 fully saturated rings. The molecule has 152 valence electrons. The number of unbranched alkanes of at least 4 members (excludes halogenated alkanes) is 1. The van der Waals surface area contributed by atoms with Gasteiger partial charge in [0, 0.05) is 44.7 Å². The highest BCUT2D eigenvalue weighted by atomic mass is 32.1. The minimum Gasteiger partial charge on any atom is -0.494 e. The number of aromatic amines is 1. The van der Waals surface area contributed by atoms with Gasteiger partial charge in [-0.3, -0.25) is 14.6 Å². The predicted molar refractivity (Wildman–Crippen MR) is 112 cm³/mol. The number of nitrogens with one attached hydrogen (secondary N) is 1. The maximum atomic E-state index is 12.4. The van der Waals surface area contributed by atoms with Gasteiger partial charge in [-0.1, -0.05) is 29.5 Å². The second kappa shape index (κ2) is 9.75. The van der Waals surface area contributed by atoms with E-state index in [4.69, 9.17) is 5.73 Å². The summed E-state index contributed by atoms with van der Waals surface area (Å²) in [7, 11) is 0. The predicted octanol–water partition coefficient (Wildman–Crippen LogP) is 1.90. The highest BCUT2D eigenvalue weighted by Crippen LogP contribution is 2.28. The van der Waals surface area contributed by atoms with Crippen LogP contribution >= 0.6 is 11.3 Å². The van der Waals surface area contributed by atoms with Gasteiger partial charge in [-0.05, 0) is 37.4 Å². The number of carbonyl (C=O) groups excluding carboxylic acids is 1. The van der Waals surface area contributed by atoms with Crippen molar-refractivity contribution in [3.8, 4) is 5.88 Å². The van der Waals surface area contributed by atoms with Crippen LogP contribution in [0.4, 0.5) is 5.69 Å². The molecule has 0 unspecified atom stereocenters. The average Bonchev–Trinajstić information content (AvgIpc) is 2.87. The Morgan fingerprint density at radius 1 is 1.18 bits per heavy atom. The van der Waals surface area contributed by atoms with Crippen LogP contribution < -0.4 is 15.5 Å². The van der Waals surface area contributed by atoms with E-state index in [1.54, 1.807) is 0 Å². The first-order valence-corrected chi connectivity index (χ1v) is 10.6. The average molecular weight is 405 g/mol. The summed E-state index contributed by atoms with van der Waals surface area (Å²) in [4.78, 5) is 31.0. The van der Waals surface area contributed by atoms with E-state index < -0.39 is 0 Å². The molecule has 1 saturated heterocycles. The van der Waals surface area contributed by atoms with Crippen molar-refractivity contribution in [3.63, 3.8) is 0 Å². The number of nitrogens with zero attached hydrogens (tertiary/aromatic N) is 2. The molecule has 0 atom stereocenters. The molecule has 28 heavy (non-hydrogen) atoms. The van der Waals surface area contributed by atoms with Gasteiger partial charge < -0.3 is 20.6 Å². The Balaban J connectivity index is 1.68. The SMILES string of the molecule is NCCCCC(=O)N1CCCN(c2ccccc2Cc2sc(=O)[nH]c2O)CC1. The lowest BCUT2D eigenvalue weighted by molar-refractivity contribution is -0.131. The molecule has 8 heteroatoms. The second-order valence-electron chi connectivity index (χ2n) is 7.06. The maximum absolute atomic E-state index is 12.4. The minimum absolute atomic E-state index is 0.0464. The third-order valence-corrected chi connectivity index (χ3v) is 5.95. The van der Waals surface area contributed by atoms with E-state index in [-0.39, 0.29) is 16.7 Å². The Kier molecular flexibility index (Phi) is 7.11. The Labute approximate surface area is 168 Å². The molecule has 7 nitrogen and oxygen atoms in total. The van der Waals surface area contributed by atoms with Gasteiger partial charge in [-0.2, -0.15) is 0 Å². The van der Waals surface area contributed by atoms with Gasteiger partial charge in [0.25, 0.3) is 0 Å². The third-order valence-electron chi connectivity index (χ3n) is 5.08. The monoisotopic (exact) mass is 404 g/mol. The van der Waals surface area contributed by atoms with E-state index in [1.807, 2.05) is 23.1 Å². The number of nitrogens with two attached hydrogens (primary N) is 1. The van der Waals surface area contributed by atoms with E-state index in [0.29, 0.717) is 30.8 Å². The summed E-state index contributed by atoms with van der Waals surface area (Å²) in [6.45, 7) is 3.76. The van der Waals surface area contributed by atoms with E-state index in [0.717, 1.165) is 61.5 Å². The van der Waals surface area contributed by atoms with E-state index in [1.165, 1.54) is 0 Å². The molecule has 0 bridgehead atoms. The van der Waals surface area contributed by atoms with Crippen molar-refractivity contribution in [2.75, 3.05) is 37.6 Å². The molecular formula is C20H28N4O3S. The molecule has 4 N–H and O–H groups in total. The zero-order valence-corrected chi connectivity index (χ0v) is 16.8. The number of thiazole rings is 1. The van der Waals surface area contributed by atoms with Crippen molar-refractivity contribution in [3.05, 3.63) is 44.4 Å². The molecular weight excluding hydrogens is 376 g/mol. The van der Waals surface area contributed by atoms with Gasteiger partial charge in [0.1, 0.15) is 0 Å². The van der Waals surface area contributed by atoms with E-state index in [2.05, 4.69) is 16.0 Å². The van der Waals surface area contributed by atoms with Crippen LogP contribution in [0, 0.1) is 0 Å². The summed E-state index contributed by atoms with van der Waals surface area (Å²) < 4.78 is 0. The molecule has 1 aromatic carbocycles. The summed E-state index contributed by atoms with van der Waals surface area (Å²) in [5.74, 6) is 0.167. The Morgan fingerprint density at radius 3 is 2.75 bits per heavy atom. The molecule has 1 aromatic heterocycles. The fourth-order valence-corrected chi connectivity index (χ4v) is 4.35. The van der Waals surface area contributed by atoms with Crippen LogP contribution in [0.25, 0.3) is 0 Å². The van der Waals surface area contributed by atoms with Crippen LogP contribution in [0.15, 0.2) is 29.1 Å². The number of H-pyrrole nitrogens is 1.